The normalized spacial score (nSPS) is 30.0. The maximum atomic E-state index is 12.7. The lowest BCUT2D eigenvalue weighted by Crippen LogP contribution is -2.52. The second-order valence-electron chi connectivity index (χ2n) is 6.92. The van der Waals surface area contributed by atoms with Crippen molar-refractivity contribution in [3.05, 3.63) is 0 Å². The molecule has 21 heavy (non-hydrogen) atoms. The third kappa shape index (κ3) is 3.25. The summed E-state index contributed by atoms with van der Waals surface area (Å²) < 4.78 is 5.73. The molecule has 1 amide bonds. The van der Waals surface area contributed by atoms with Gasteiger partial charge < -0.3 is 15.4 Å². The Morgan fingerprint density at radius 1 is 1.14 bits per heavy atom. The molecule has 2 heterocycles. The number of ether oxygens (including phenoxy) is 1. The molecule has 0 aromatic carbocycles. The van der Waals surface area contributed by atoms with Crippen LogP contribution in [0.4, 0.5) is 0 Å². The van der Waals surface area contributed by atoms with Crippen LogP contribution in [0, 0.1) is 5.41 Å². The molecule has 0 spiro atoms. The maximum Gasteiger partial charge on any atom is 0.230 e. The van der Waals surface area contributed by atoms with E-state index in [4.69, 9.17) is 10.5 Å². The van der Waals surface area contributed by atoms with Gasteiger partial charge in [0.2, 0.25) is 5.91 Å². The van der Waals surface area contributed by atoms with Crippen molar-refractivity contribution in [2.24, 2.45) is 11.1 Å². The third-order valence-corrected chi connectivity index (χ3v) is 5.52. The summed E-state index contributed by atoms with van der Waals surface area (Å²) in [5.74, 6) is 0.315. The molecule has 2 N–H and O–H groups in total. The summed E-state index contributed by atoms with van der Waals surface area (Å²) in [5, 5.41) is 0. The lowest BCUT2D eigenvalue weighted by molar-refractivity contribution is -0.146. The van der Waals surface area contributed by atoms with E-state index in [0.717, 1.165) is 65.0 Å². The zero-order valence-corrected chi connectivity index (χ0v) is 13.1. The fraction of sp³-hybridized carbons (Fsp3) is 0.938. The number of amides is 1. The number of nitrogens with two attached hydrogens (primary N) is 1. The van der Waals surface area contributed by atoms with Gasteiger partial charge in [0, 0.05) is 39.3 Å². The first kappa shape index (κ1) is 15.3. The Bertz CT molecular complexity index is 359. The smallest absolute Gasteiger partial charge is 0.230 e. The summed E-state index contributed by atoms with van der Waals surface area (Å²) in [7, 11) is 0. The van der Waals surface area contributed by atoms with E-state index in [2.05, 4.69) is 9.80 Å². The van der Waals surface area contributed by atoms with Crippen molar-refractivity contribution in [3.8, 4) is 0 Å². The van der Waals surface area contributed by atoms with Crippen molar-refractivity contribution in [2.75, 3.05) is 45.9 Å². The molecule has 0 radical (unpaired) electrons. The predicted octanol–water partition coefficient (Wildman–Crippen LogP) is 0.829. The van der Waals surface area contributed by atoms with E-state index in [1.807, 2.05) is 0 Å². The monoisotopic (exact) mass is 295 g/mol. The topological polar surface area (TPSA) is 58.8 Å². The molecule has 120 valence electrons. The summed E-state index contributed by atoms with van der Waals surface area (Å²) in [6.45, 7) is 6.27. The van der Waals surface area contributed by atoms with Crippen molar-refractivity contribution in [1.29, 1.82) is 0 Å². The highest BCUT2D eigenvalue weighted by Gasteiger charge is 2.45. The summed E-state index contributed by atoms with van der Waals surface area (Å²) in [5.41, 5.74) is 5.66. The Kier molecular flexibility index (Phi) is 4.82. The summed E-state index contributed by atoms with van der Waals surface area (Å²) in [4.78, 5) is 17.3. The summed E-state index contributed by atoms with van der Waals surface area (Å²) in [6, 6.07) is 0. The number of rotatable bonds is 4. The van der Waals surface area contributed by atoms with Crippen LogP contribution >= 0.6 is 0 Å². The van der Waals surface area contributed by atoms with Gasteiger partial charge in [-0.15, -0.1) is 0 Å². The van der Waals surface area contributed by atoms with Crippen LogP contribution < -0.4 is 5.73 Å². The molecule has 1 atom stereocenters. The molecular weight excluding hydrogens is 266 g/mol. The molecule has 2 aliphatic heterocycles. The molecule has 5 heteroatoms. The van der Waals surface area contributed by atoms with Gasteiger partial charge in [0.15, 0.2) is 0 Å². The maximum absolute atomic E-state index is 12.7. The molecule has 3 aliphatic rings. The molecule has 3 fully saturated rings. The minimum atomic E-state index is -0.219. The van der Waals surface area contributed by atoms with Gasteiger partial charge in [0.1, 0.15) is 0 Å². The van der Waals surface area contributed by atoms with Crippen LogP contribution in [0.3, 0.4) is 0 Å². The quantitative estimate of drug-likeness (QED) is 0.834. The minimum Gasteiger partial charge on any atom is -0.377 e. The van der Waals surface area contributed by atoms with Crippen molar-refractivity contribution in [1.82, 2.24) is 9.80 Å². The Morgan fingerprint density at radius 2 is 2.00 bits per heavy atom. The molecule has 0 aromatic rings. The predicted molar refractivity (Wildman–Crippen MR) is 81.9 cm³/mol. The SMILES string of the molecule is NCC1(C(=O)N2CCCN(CC3CCCO3)CC2)CCC1. The van der Waals surface area contributed by atoms with Crippen LogP contribution in [-0.4, -0.2) is 67.7 Å². The molecular formula is C16H29N3O2. The van der Waals surface area contributed by atoms with Crippen LogP contribution in [0.25, 0.3) is 0 Å². The number of carbonyl (C=O) groups excluding carboxylic acids is 1. The Morgan fingerprint density at radius 3 is 2.62 bits per heavy atom. The van der Waals surface area contributed by atoms with E-state index in [1.54, 1.807) is 0 Å². The van der Waals surface area contributed by atoms with Crippen molar-refractivity contribution in [3.63, 3.8) is 0 Å². The van der Waals surface area contributed by atoms with Gasteiger partial charge in [-0.2, -0.15) is 0 Å². The van der Waals surface area contributed by atoms with E-state index in [1.165, 1.54) is 12.8 Å². The minimum absolute atomic E-state index is 0.219. The van der Waals surface area contributed by atoms with Crippen LogP contribution in [0.1, 0.15) is 38.5 Å². The largest absolute Gasteiger partial charge is 0.377 e. The highest BCUT2D eigenvalue weighted by atomic mass is 16.5. The van der Waals surface area contributed by atoms with Gasteiger partial charge in [0.25, 0.3) is 0 Å². The van der Waals surface area contributed by atoms with E-state index >= 15 is 0 Å². The van der Waals surface area contributed by atoms with Crippen molar-refractivity contribution in [2.45, 2.75) is 44.6 Å². The Balaban J connectivity index is 1.51. The van der Waals surface area contributed by atoms with Gasteiger partial charge in [-0.05, 0) is 38.6 Å². The highest BCUT2D eigenvalue weighted by molar-refractivity contribution is 5.84. The lowest BCUT2D eigenvalue weighted by Gasteiger charge is -2.42. The average molecular weight is 295 g/mol. The number of nitrogens with zero attached hydrogens (tertiary/aromatic N) is 2. The van der Waals surface area contributed by atoms with Gasteiger partial charge >= 0.3 is 0 Å². The van der Waals surface area contributed by atoms with E-state index < -0.39 is 0 Å². The fourth-order valence-corrected chi connectivity index (χ4v) is 3.88. The van der Waals surface area contributed by atoms with E-state index in [-0.39, 0.29) is 5.41 Å². The third-order valence-electron chi connectivity index (χ3n) is 5.52. The average Bonchev–Trinajstić information content (AvgIpc) is 2.83. The van der Waals surface area contributed by atoms with Gasteiger partial charge in [-0.3, -0.25) is 9.69 Å². The van der Waals surface area contributed by atoms with E-state index in [0.29, 0.717) is 18.6 Å². The number of hydrogen-bond acceptors (Lipinski definition) is 4. The molecule has 0 aromatic heterocycles. The number of carbonyl (C=O) groups is 1. The molecule has 0 bridgehead atoms. The van der Waals surface area contributed by atoms with Crippen LogP contribution in [0.15, 0.2) is 0 Å². The van der Waals surface area contributed by atoms with Gasteiger partial charge in [-0.25, -0.2) is 0 Å². The lowest BCUT2D eigenvalue weighted by atomic mass is 9.68. The Hall–Kier alpha value is -0.650. The molecule has 3 rings (SSSR count). The zero-order valence-electron chi connectivity index (χ0n) is 13.1. The van der Waals surface area contributed by atoms with Gasteiger partial charge in [0.05, 0.1) is 11.5 Å². The molecule has 2 saturated heterocycles. The first-order valence-corrected chi connectivity index (χ1v) is 8.57. The zero-order chi connectivity index (χ0) is 14.7. The standard InChI is InChI=1S/C16H29N3O2/c17-13-16(5-2-6-16)15(20)19-8-3-7-18(9-10-19)12-14-4-1-11-21-14/h14H,1-13,17H2. The molecule has 1 unspecified atom stereocenters. The highest BCUT2D eigenvalue weighted by Crippen LogP contribution is 2.41. The first-order chi connectivity index (χ1) is 10.2. The van der Waals surface area contributed by atoms with E-state index in [9.17, 15) is 4.79 Å². The summed E-state index contributed by atoms with van der Waals surface area (Å²) in [6.07, 6.45) is 6.99. The van der Waals surface area contributed by atoms with Crippen molar-refractivity contribution >= 4 is 5.91 Å². The van der Waals surface area contributed by atoms with Crippen LogP contribution in [0.5, 0.6) is 0 Å². The molecule has 1 saturated carbocycles. The fourth-order valence-electron chi connectivity index (χ4n) is 3.88. The molecule has 5 nitrogen and oxygen atoms in total. The number of hydrogen-bond donors (Lipinski definition) is 1. The van der Waals surface area contributed by atoms with Crippen LogP contribution in [0.2, 0.25) is 0 Å². The van der Waals surface area contributed by atoms with Crippen LogP contribution in [-0.2, 0) is 9.53 Å². The van der Waals surface area contributed by atoms with Gasteiger partial charge in [-0.1, -0.05) is 6.42 Å². The summed E-state index contributed by atoms with van der Waals surface area (Å²) >= 11 is 0. The first-order valence-electron chi connectivity index (χ1n) is 8.57. The van der Waals surface area contributed by atoms with Crippen molar-refractivity contribution < 1.29 is 9.53 Å². The second-order valence-corrected chi connectivity index (χ2v) is 6.92. The molecule has 1 aliphatic carbocycles. The Labute approximate surface area is 127 Å². The second kappa shape index (κ2) is 6.63.